The van der Waals surface area contributed by atoms with Gasteiger partial charge in [-0.05, 0) is 22.4 Å². The van der Waals surface area contributed by atoms with Crippen molar-refractivity contribution >= 4 is 21.8 Å². The summed E-state index contributed by atoms with van der Waals surface area (Å²) in [6.07, 6.45) is 10.3. The predicted octanol–water partition coefficient (Wildman–Crippen LogP) is 1.44. The molecule has 0 saturated heterocycles. The number of halogens is 1. The summed E-state index contributed by atoms with van der Waals surface area (Å²) in [4.78, 5) is 15.6. The van der Waals surface area contributed by atoms with E-state index in [-0.39, 0.29) is 5.91 Å². The van der Waals surface area contributed by atoms with Crippen molar-refractivity contribution in [3.05, 3.63) is 35.6 Å². The number of imidazole rings is 1. The first-order valence-electron chi connectivity index (χ1n) is 6.14. The predicted molar refractivity (Wildman–Crippen MR) is 74.4 cm³/mol. The zero-order chi connectivity index (χ0) is 13.5. The van der Waals surface area contributed by atoms with Crippen molar-refractivity contribution in [3.8, 4) is 0 Å². The van der Waals surface area contributed by atoms with E-state index in [2.05, 4.69) is 31.3 Å². The molecule has 6 nitrogen and oxygen atoms in total. The molecule has 0 bridgehead atoms. The molecular formula is C12H16BrN5O. The summed E-state index contributed by atoms with van der Waals surface area (Å²) in [5.74, 6) is 0.0530. The number of hydrogen-bond acceptors (Lipinski definition) is 3. The zero-order valence-corrected chi connectivity index (χ0v) is 12.1. The number of nitrogens with zero attached hydrogens (tertiary/aromatic N) is 4. The highest BCUT2D eigenvalue weighted by Crippen LogP contribution is 2.06. The third-order valence-electron chi connectivity index (χ3n) is 2.64. The number of rotatable bonds is 7. The van der Waals surface area contributed by atoms with E-state index in [0.717, 1.165) is 17.4 Å². The van der Waals surface area contributed by atoms with Gasteiger partial charge in [-0.2, -0.15) is 5.10 Å². The first-order valence-corrected chi connectivity index (χ1v) is 6.94. The molecule has 0 aliphatic carbocycles. The minimum atomic E-state index is 0.0530. The normalized spacial score (nSPS) is 10.6. The van der Waals surface area contributed by atoms with Gasteiger partial charge in [-0.25, -0.2) is 4.98 Å². The summed E-state index contributed by atoms with van der Waals surface area (Å²) in [6, 6.07) is 0. The second-order valence-corrected chi connectivity index (χ2v) is 5.09. The van der Waals surface area contributed by atoms with Gasteiger partial charge in [0.2, 0.25) is 5.91 Å². The molecule has 2 rings (SSSR count). The Morgan fingerprint density at radius 2 is 2.32 bits per heavy atom. The Bertz CT molecular complexity index is 508. The molecule has 1 amide bonds. The third-order valence-corrected chi connectivity index (χ3v) is 3.05. The summed E-state index contributed by atoms with van der Waals surface area (Å²) < 4.78 is 4.66. The van der Waals surface area contributed by atoms with Crippen LogP contribution in [0, 0.1) is 0 Å². The van der Waals surface area contributed by atoms with Crippen LogP contribution in [0.5, 0.6) is 0 Å². The van der Waals surface area contributed by atoms with Crippen LogP contribution in [0.2, 0.25) is 0 Å². The lowest BCUT2D eigenvalue weighted by Crippen LogP contribution is -2.26. The second kappa shape index (κ2) is 7.08. The molecule has 0 aliphatic rings. The van der Waals surface area contributed by atoms with Gasteiger partial charge in [0, 0.05) is 44.6 Å². The van der Waals surface area contributed by atoms with Gasteiger partial charge < -0.3 is 9.88 Å². The first kappa shape index (κ1) is 13.8. The molecular weight excluding hydrogens is 310 g/mol. The van der Waals surface area contributed by atoms with E-state index in [1.807, 2.05) is 17.0 Å². The number of nitrogens with one attached hydrogen (secondary N) is 1. The quantitative estimate of drug-likeness (QED) is 0.783. The van der Waals surface area contributed by atoms with Gasteiger partial charge in [0.15, 0.2) is 0 Å². The fourth-order valence-electron chi connectivity index (χ4n) is 1.67. The molecule has 102 valence electrons. The van der Waals surface area contributed by atoms with Crippen molar-refractivity contribution < 1.29 is 4.79 Å². The summed E-state index contributed by atoms with van der Waals surface area (Å²) in [5, 5.41) is 6.99. The van der Waals surface area contributed by atoms with Gasteiger partial charge in [-0.3, -0.25) is 9.48 Å². The molecule has 2 heterocycles. The second-order valence-electron chi connectivity index (χ2n) is 4.18. The molecule has 0 radical (unpaired) electrons. The van der Waals surface area contributed by atoms with E-state index in [9.17, 15) is 4.79 Å². The van der Waals surface area contributed by atoms with Crippen molar-refractivity contribution in [2.75, 3.05) is 6.54 Å². The van der Waals surface area contributed by atoms with Crippen LogP contribution < -0.4 is 5.32 Å². The maximum atomic E-state index is 11.6. The van der Waals surface area contributed by atoms with Gasteiger partial charge in [0.05, 0.1) is 17.0 Å². The Morgan fingerprint density at radius 1 is 1.42 bits per heavy atom. The summed E-state index contributed by atoms with van der Waals surface area (Å²) >= 11 is 3.32. The molecule has 7 heteroatoms. The minimum absolute atomic E-state index is 0.0530. The SMILES string of the molecule is O=C(CCn1cc(Br)cn1)NCCCn1ccnc1. The van der Waals surface area contributed by atoms with Crippen molar-refractivity contribution in [2.24, 2.45) is 0 Å². The fourth-order valence-corrected chi connectivity index (χ4v) is 2.00. The van der Waals surface area contributed by atoms with E-state index in [1.54, 1.807) is 23.4 Å². The van der Waals surface area contributed by atoms with Crippen molar-refractivity contribution in [1.82, 2.24) is 24.6 Å². The van der Waals surface area contributed by atoms with Crippen LogP contribution >= 0.6 is 15.9 Å². The van der Waals surface area contributed by atoms with E-state index in [4.69, 9.17) is 0 Å². The largest absolute Gasteiger partial charge is 0.356 e. The number of aromatic nitrogens is 4. The van der Waals surface area contributed by atoms with Crippen molar-refractivity contribution in [3.63, 3.8) is 0 Å². The van der Waals surface area contributed by atoms with E-state index >= 15 is 0 Å². The van der Waals surface area contributed by atoms with Crippen LogP contribution in [0.4, 0.5) is 0 Å². The van der Waals surface area contributed by atoms with Crippen LogP contribution in [-0.2, 0) is 17.9 Å². The topological polar surface area (TPSA) is 64.7 Å². The summed E-state index contributed by atoms with van der Waals surface area (Å²) in [6.45, 7) is 2.14. The zero-order valence-electron chi connectivity index (χ0n) is 10.5. The van der Waals surface area contributed by atoms with Gasteiger partial charge in [-0.15, -0.1) is 0 Å². The molecule has 2 aromatic heterocycles. The maximum absolute atomic E-state index is 11.6. The average Bonchev–Trinajstić information content (AvgIpc) is 3.03. The fraction of sp³-hybridized carbons (Fsp3) is 0.417. The van der Waals surface area contributed by atoms with Gasteiger partial charge in [0.1, 0.15) is 0 Å². The Balaban J connectivity index is 1.57. The van der Waals surface area contributed by atoms with Crippen LogP contribution in [0.25, 0.3) is 0 Å². The Morgan fingerprint density at radius 3 is 3.00 bits per heavy atom. The molecule has 0 fully saturated rings. The van der Waals surface area contributed by atoms with Crippen LogP contribution in [0.15, 0.2) is 35.6 Å². The lowest BCUT2D eigenvalue weighted by molar-refractivity contribution is -0.121. The van der Waals surface area contributed by atoms with Crippen LogP contribution in [0.3, 0.4) is 0 Å². The molecule has 0 aromatic carbocycles. The third kappa shape index (κ3) is 4.86. The maximum Gasteiger partial charge on any atom is 0.221 e. The monoisotopic (exact) mass is 325 g/mol. The van der Waals surface area contributed by atoms with Gasteiger partial charge in [-0.1, -0.05) is 0 Å². The Kier molecular flexibility index (Phi) is 5.14. The van der Waals surface area contributed by atoms with E-state index < -0.39 is 0 Å². The summed E-state index contributed by atoms with van der Waals surface area (Å²) in [7, 11) is 0. The first-order chi connectivity index (χ1) is 9.24. The van der Waals surface area contributed by atoms with Crippen LogP contribution in [0.1, 0.15) is 12.8 Å². The minimum Gasteiger partial charge on any atom is -0.356 e. The number of aryl methyl sites for hydroxylation is 2. The highest BCUT2D eigenvalue weighted by molar-refractivity contribution is 9.10. The molecule has 0 spiro atoms. The van der Waals surface area contributed by atoms with E-state index in [0.29, 0.717) is 19.5 Å². The standard InChI is InChI=1S/C12H16BrN5O/c13-11-8-16-18(9-11)6-2-12(19)15-3-1-5-17-7-4-14-10-17/h4,7-10H,1-3,5-6H2,(H,15,19). The molecule has 1 N–H and O–H groups in total. The Labute approximate surface area is 120 Å². The lowest BCUT2D eigenvalue weighted by atomic mass is 10.3. The van der Waals surface area contributed by atoms with Gasteiger partial charge in [0.25, 0.3) is 0 Å². The molecule has 0 atom stereocenters. The molecule has 0 saturated carbocycles. The summed E-state index contributed by atoms with van der Waals surface area (Å²) in [5.41, 5.74) is 0. The Hall–Kier alpha value is -1.63. The van der Waals surface area contributed by atoms with Gasteiger partial charge >= 0.3 is 0 Å². The molecule has 19 heavy (non-hydrogen) atoms. The average molecular weight is 326 g/mol. The number of carbonyl (C=O) groups excluding carboxylic acids is 1. The molecule has 2 aromatic rings. The highest BCUT2D eigenvalue weighted by atomic mass is 79.9. The smallest absolute Gasteiger partial charge is 0.221 e. The highest BCUT2D eigenvalue weighted by Gasteiger charge is 2.02. The molecule has 0 aliphatic heterocycles. The van der Waals surface area contributed by atoms with E-state index in [1.165, 1.54) is 0 Å². The van der Waals surface area contributed by atoms with Crippen LogP contribution in [-0.4, -0.2) is 31.8 Å². The van der Waals surface area contributed by atoms with Crippen molar-refractivity contribution in [1.29, 1.82) is 0 Å². The van der Waals surface area contributed by atoms with Crippen molar-refractivity contribution in [2.45, 2.75) is 25.9 Å². The number of carbonyl (C=O) groups is 1. The molecule has 0 unspecified atom stereocenters. The lowest BCUT2D eigenvalue weighted by Gasteiger charge is -2.06. The number of hydrogen-bond donors (Lipinski definition) is 1. The number of amides is 1.